The van der Waals surface area contributed by atoms with E-state index in [4.69, 9.17) is 5.73 Å². The number of benzene rings is 2. The maximum atomic E-state index is 5.80. The number of hydrazone groups is 2. The van der Waals surface area contributed by atoms with E-state index >= 15 is 0 Å². The Morgan fingerprint density at radius 2 is 1.10 bits per heavy atom. The van der Waals surface area contributed by atoms with Crippen molar-refractivity contribution in [3.05, 3.63) is 65.7 Å². The summed E-state index contributed by atoms with van der Waals surface area (Å²) in [5.74, 6) is 1.03. The van der Waals surface area contributed by atoms with Gasteiger partial charge in [-0.15, -0.1) is 0 Å². The first-order chi connectivity index (χ1) is 14.9. The molecule has 31 heavy (non-hydrogen) atoms. The second kappa shape index (κ2) is 10.1. The Morgan fingerprint density at radius 3 is 1.45 bits per heavy atom. The first-order valence-corrected chi connectivity index (χ1v) is 9.68. The van der Waals surface area contributed by atoms with Gasteiger partial charge in [0.25, 0.3) is 0 Å². The van der Waals surface area contributed by atoms with Crippen LogP contribution >= 0.6 is 0 Å². The maximum absolute atomic E-state index is 5.80. The Labute approximate surface area is 182 Å². The lowest BCUT2D eigenvalue weighted by Crippen LogP contribution is -2.08. The van der Waals surface area contributed by atoms with Crippen LogP contribution in [0.3, 0.4) is 0 Å². The molecule has 0 amide bonds. The lowest BCUT2D eigenvalue weighted by atomic mass is 10.2. The number of nitrogens with one attached hydrogen (secondary N) is 2. The minimum absolute atomic E-state index is 0.114. The first-order valence-electron chi connectivity index (χ1n) is 9.68. The van der Waals surface area contributed by atoms with Crippen molar-refractivity contribution in [1.82, 2.24) is 9.97 Å². The second-order valence-electron chi connectivity index (χ2n) is 7.21. The van der Waals surface area contributed by atoms with Crippen LogP contribution in [0.5, 0.6) is 0 Å². The third kappa shape index (κ3) is 6.43. The fourth-order valence-corrected chi connectivity index (χ4v) is 2.64. The Hall–Kier alpha value is -4.14. The van der Waals surface area contributed by atoms with Crippen LogP contribution < -0.4 is 26.4 Å². The summed E-state index contributed by atoms with van der Waals surface area (Å²) in [5.41, 5.74) is 15.7. The number of rotatable bonds is 8. The lowest BCUT2D eigenvalue weighted by Gasteiger charge is -2.11. The second-order valence-corrected chi connectivity index (χ2v) is 7.21. The van der Waals surface area contributed by atoms with Gasteiger partial charge in [0.15, 0.2) is 11.6 Å². The van der Waals surface area contributed by atoms with Gasteiger partial charge in [-0.1, -0.05) is 24.3 Å². The standard InChI is InChI=1S/C22H27N9/c1-30(2)18-9-5-16(6-10-18)14-24-28-20-13-21(27-22(23)26-20)29-25-15-17-7-11-19(12-8-17)31(3)4/h5-15H,1-4H3,(H4,23,26,27,28,29). The Morgan fingerprint density at radius 1 is 0.710 bits per heavy atom. The largest absolute Gasteiger partial charge is 0.378 e. The highest BCUT2D eigenvalue weighted by Crippen LogP contribution is 2.14. The van der Waals surface area contributed by atoms with E-state index in [1.807, 2.05) is 86.5 Å². The van der Waals surface area contributed by atoms with E-state index in [1.165, 1.54) is 0 Å². The molecule has 0 atom stereocenters. The van der Waals surface area contributed by atoms with Gasteiger partial charge in [0, 0.05) is 45.6 Å². The predicted molar refractivity (Wildman–Crippen MR) is 130 cm³/mol. The van der Waals surface area contributed by atoms with E-state index in [0.29, 0.717) is 11.6 Å². The molecule has 3 rings (SSSR count). The van der Waals surface area contributed by atoms with Crippen LogP contribution in [0.15, 0.2) is 64.8 Å². The molecule has 0 saturated heterocycles. The first kappa shape index (κ1) is 21.6. The molecule has 0 aliphatic carbocycles. The normalized spacial score (nSPS) is 11.1. The SMILES string of the molecule is CN(C)c1ccc(C=NNc2cc(NN=Cc3ccc(N(C)C)cc3)nc(N)n2)cc1. The predicted octanol–water partition coefficient (Wildman–Crippen LogP) is 3.08. The number of nitrogen functional groups attached to an aromatic ring is 1. The molecule has 0 fully saturated rings. The van der Waals surface area contributed by atoms with Crippen LogP contribution in [-0.4, -0.2) is 50.6 Å². The van der Waals surface area contributed by atoms with Gasteiger partial charge in [0.05, 0.1) is 12.4 Å². The maximum Gasteiger partial charge on any atom is 0.224 e. The zero-order valence-corrected chi connectivity index (χ0v) is 18.1. The molecule has 3 aromatic rings. The fraction of sp³-hybridized carbons (Fsp3) is 0.182. The van der Waals surface area contributed by atoms with Crippen LogP contribution in [-0.2, 0) is 0 Å². The molecule has 4 N–H and O–H groups in total. The van der Waals surface area contributed by atoms with Gasteiger partial charge in [-0.25, -0.2) is 0 Å². The number of anilines is 5. The summed E-state index contributed by atoms with van der Waals surface area (Å²) >= 11 is 0. The van der Waals surface area contributed by atoms with Crippen molar-refractivity contribution in [2.24, 2.45) is 10.2 Å². The summed E-state index contributed by atoms with van der Waals surface area (Å²) in [6.45, 7) is 0. The molecule has 9 heteroatoms. The molecule has 0 unspecified atom stereocenters. The van der Waals surface area contributed by atoms with Crippen molar-refractivity contribution in [2.45, 2.75) is 0 Å². The number of nitrogens with zero attached hydrogens (tertiary/aromatic N) is 6. The minimum atomic E-state index is 0.114. The molecule has 160 valence electrons. The van der Waals surface area contributed by atoms with Gasteiger partial charge < -0.3 is 15.5 Å². The quantitative estimate of drug-likeness (QED) is 0.382. The zero-order valence-electron chi connectivity index (χ0n) is 18.1. The average molecular weight is 418 g/mol. The highest BCUT2D eigenvalue weighted by Gasteiger charge is 2.01. The summed E-state index contributed by atoms with van der Waals surface area (Å²) in [6, 6.07) is 17.7. The summed E-state index contributed by atoms with van der Waals surface area (Å²) < 4.78 is 0. The number of hydrogen-bond acceptors (Lipinski definition) is 9. The van der Waals surface area contributed by atoms with Gasteiger partial charge in [0.1, 0.15) is 0 Å². The van der Waals surface area contributed by atoms with Crippen LogP contribution in [0.25, 0.3) is 0 Å². The highest BCUT2D eigenvalue weighted by atomic mass is 15.3. The molecule has 1 aromatic heterocycles. The van der Waals surface area contributed by atoms with Gasteiger partial charge >= 0.3 is 0 Å². The summed E-state index contributed by atoms with van der Waals surface area (Å²) in [6.07, 6.45) is 3.42. The molecule has 0 radical (unpaired) electrons. The van der Waals surface area contributed by atoms with Crippen LogP contribution in [0.4, 0.5) is 29.0 Å². The van der Waals surface area contributed by atoms with E-state index in [-0.39, 0.29) is 5.95 Å². The van der Waals surface area contributed by atoms with Crippen molar-refractivity contribution < 1.29 is 0 Å². The Bertz CT molecular complexity index is 958. The summed E-state index contributed by atoms with van der Waals surface area (Å²) in [5, 5.41) is 8.43. The minimum Gasteiger partial charge on any atom is -0.378 e. The number of nitrogens with two attached hydrogens (primary N) is 1. The van der Waals surface area contributed by atoms with E-state index in [2.05, 4.69) is 31.0 Å². The third-order valence-corrected chi connectivity index (χ3v) is 4.35. The van der Waals surface area contributed by atoms with Gasteiger partial charge in [-0.3, -0.25) is 10.9 Å². The zero-order chi connectivity index (χ0) is 22.2. The fourth-order valence-electron chi connectivity index (χ4n) is 2.64. The molecule has 0 bridgehead atoms. The lowest BCUT2D eigenvalue weighted by molar-refractivity contribution is 1.13. The smallest absolute Gasteiger partial charge is 0.224 e. The van der Waals surface area contributed by atoms with E-state index < -0.39 is 0 Å². The monoisotopic (exact) mass is 417 g/mol. The number of hydrogen-bond donors (Lipinski definition) is 3. The van der Waals surface area contributed by atoms with E-state index in [0.717, 1.165) is 22.5 Å². The van der Waals surface area contributed by atoms with Crippen molar-refractivity contribution >= 4 is 41.4 Å². The third-order valence-electron chi connectivity index (χ3n) is 4.35. The highest BCUT2D eigenvalue weighted by molar-refractivity contribution is 5.81. The van der Waals surface area contributed by atoms with Crippen molar-refractivity contribution in [2.75, 3.05) is 54.6 Å². The molecule has 1 heterocycles. The molecular weight excluding hydrogens is 390 g/mol. The molecular formula is C22H27N9. The van der Waals surface area contributed by atoms with Gasteiger partial charge in [0.2, 0.25) is 5.95 Å². The van der Waals surface area contributed by atoms with E-state index in [1.54, 1.807) is 18.5 Å². The van der Waals surface area contributed by atoms with Crippen molar-refractivity contribution in [1.29, 1.82) is 0 Å². The average Bonchev–Trinajstić information content (AvgIpc) is 2.74. The molecule has 0 aliphatic heterocycles. The molecule has 2 aromatic carbocycles. The van der Waals surface area contributed by atoms with Crippen LogP contribution in [0, 0.1) is 0 Å². The molecule has 0 aliphatic rings. The van der Waals surface area contributed by atoms with Gasteiger partial charge in [-0.2, -0.15) is 20.2 Å². The van der Waals surface area contributed by atoms with E-state index in [9.17, 15) is 0 Å². The Balaban J connectivity index is 1.60. The van der Waals surface area contributed by atoms with Crippen LogP contribution in [0.1, 0.15) is 11.1 Å². The number of aromatic nitrogens is 2. The van der Waals surface area contributed by atoms with Crippen molar-refractivity contribution in [3.63, 3.8) is 0 Å². The topological polar surface area (TPSA) is 107 Å². The summed E-state index contributed by atoms with van der Waals surface area (Å²) in [7, 11) is 8.00. The van der Waals surface area contributed by atoms with Gasteiger partial charge in [-0.05, 0) is 35.4 Å². The molecule has 0 spiro atoms. The Kier molecular flexibility index (Phi) is 7.00. The van der Waals surface area contributed by atoms with Crippen molar-refractivity contribution in [3.8, 4) is 0 Å². The van der Waals surface area contributed by atoms with Crippen LogP contribution in [0.2, 0.25) is 0 Å². The molecule has 0 saturated carbocycles. The summed E-state index contributed by atoms with van der Waals surface area (Å²) in [4.78, 5) is 12.3. The molecule has 9 nitrogen and oxygen atoms in total.